The first kappa shape index (κ1) is 10.8. The maximum Gasteiger partial charge on any atom is 0.275 e. The van der Waals surface area contributed by atoms with E-state index in [9.17, 15) is 4.79 Å². The average molecular weight is 278 g/mol. The fourth-order valence-electron chi connectivity index (χ4n) is 1.17. The quantitative estimate of drug-likeness (QED) is 0.918. The van der Waals surface area contributed by atoms with E-state index in [1.165, 1.54) is 18.6 Å². The molecule has 0 bridgehead atoms. The zero-order chi connectivity index (χ0) is 11.4. The second-order valence-corrected chi connectivity index (χ2v) is 3.88. The molecule has 1 heterocycles. The highest BCUT2D eigenvalue weighted by Gasteiger charge is 2.08. The van der Waals surface area contributed by atoms with E-state index in [2.05, 4.69) is 31.2 Å². The van der Waals surface area contributed by atoms with Crippen LogP contribution in [0.1, 0.15) is 10.5 Å². The van der Waals surface area contributed by atoms with Crippen LogP contribution in [0.4, 0.5) is 5.69 Å². The lowest BCUT2D eigenvalue weighted by molar-refractivity contribution is 0.102. The Morgan fingerprint density at radius 1 is 1.25 bits per heavy atom. The van der Waals surface area contributed by atoms with Crippen LogP contribution in [0.5, 0.6) is 0 Å². The van der Waals surface area contributed by atoms with Crippen molar-refractivity contribution in [2.75, 3.05) is 5.32 Å². The molecule has 0 fully saturated rings. The first-order valence-electron chi connectivity index (χ1n) is 4.59. The Morgan fingerprint density at radius 3 is 2.75 bits per heavy atom. The van der Waals surface area contributed by atoms with Crippen molar-refractivity contribution in [1.82, 2.24) is 9.97 Å². The molecule has 0 spiro atoms. The van der Waals surface area contributed by atoms with Gasteiger partial charge >= 0.3 is 0 Å². The van der Waals surface area contributed by atoms with E-state index in [1.807, 2.05) is 18.2 Å². The standard InChI is InChI=1S/C11H8BrN3O/c12-8-3-1-2-4-9(8)15-11(16)10-7-13-5-6-14-10/h1-7H,(H,15,16). The molecule has 2 aromatic rings. The Bertz CT molecular complexity index is 502. The van der Waals surface area contributed by atoms with Gasteiger partial charge in [-0.2, -0.15) is 0 Å². The van der Waals surface area contributed by atoms with Crippen LogP contribution in [0.3, 0.4) is 0 Å². The first-order chi connectivity index (χ1) is 7.77. The molecule has 0 radical (unpaired) electrons. The van der Waals surface area contributed by atoms with Crippen molar-refractivity contribution in [2.45, 2.75) is 0 Å². The number of hydrogen-bond acceptors (Lipinski definition) is 3. The van der Waals surface area contributed by atoms with Crippen LogP contribution in [-0.4, -0.2) is 15.9 Å². The molecule has 0 aliphatic heterocycles. The lowest BCUT2D eigenvalue weighted by atomic mass is 10.3. The maximum absolute atomic E-state index is 11.7. The Labute approximate surface area is 101 Å². The van der Waals surface area contributed by atoms with Crippen LogP contribution >= 0.6 is 15.9 Å². The summed E-state index contributed by atoms with van der Waals surface area (Å²) < 4.78 is 0.826. The normalized spacial score (nSPS) is 9.81. The van der Waals surface area contributed by atoms with Gasteiger partial charge in [-0.15, -0.1) is 0 Å². The van der Waals surface area contributed by atoms with Crippen molar-refractivity contribution < 1.29 is 4.79 Å². The topological polar surface area (TPSA) is 54.9 Å². The van der Waals surface area contributed by atoms with Crippen molar-refractivity contribution in [1.29, 1.82) is 0 Å². The zero-order valence-corrected chi connectivity index (χ0v) is 9.81. The Morgan fingerprint density at radius 2 is 2.06 bits per heavy atom. The molecule has 0 aliphatic rings. The number of aromatic nitrogens is 2. The lowest BCUT2D eigenvalue weighted by Crippen LogP contribution is -2.13. The molecule has 5 heteroatoms. The fourth-order valence-corrected chi connectivity index (χ4v) is 1.55. The largest absolute Gasteiger partial charge is 0.320 e. The first-order valence-corrected chi connectivity index (χ1v) is 5.38. The molecule has 0 unspecified atom stereocenters. The number of carbonyl (C=O) groups excluding carboxylic acids is 1. The molecule has 16 heavy (non-hydrogen) atoms. The van der Waals surface area contributed by atoms with E-state index < -0.39 is 0 Å². The number of benzene rings is 1. The highest BCUT2D eigenvalue weighted by atomic mass is 79.9. The molecule has 80 valence electrons. The van der Waals surface area contributed by atoms with Crippen LogP contribution in [0.2, 0.25) is 0 Å². The highest BCUT2D eigenvalue weighted by Crippen LogP contribution is 2.21. The summed E-state index contributed by atoms with van der Waals surface area (Å²) in [5, 5.41) is 2.74. The minimum atomic E-state index is -0.278. The number of nitrogens with one attached hydrogen (secondary N) is 1. The number of para-hydroxylation sites is 1. The van der Waals surface area contributed by atoms with E-state index >= 15 is 0 Å². The summed E-state index contributed by atoms with van der Waals surface area (Å²) in [6, 6.07) is 7.38. The van der Waals surface area contributed by atoms with Crippen molar-refractivity contribution in [3.63, 3.8) is 0 Å². The lowest BCUT2D eigenvalue weighted by Gasteiger charge is -2.05. The van der Waals surface area contributed by atoms with Gasteiger partial charge in [-0.05, 0) is 28.1 Å². The molecule has 0 saturated heterocycles. The summed E-state index contributed by atoms with van der Waals surface area (Å²) in [7, 11) is 0. The zero-order valence-electron chi connectivity index (χ0n) is 8.22. The smallest absolute Gasteiger partial charge is 0.275 e. The van der Waals surface area contributed by atoms with Gasteiger partial charge in [-0.3, -0.25) is 9.78 Å². The van der Waals surface area contributed by atoms with Gasteiger partial charge in [0.05, 0.1) is 11.9 Å². The number of rotatable bonds is 2. The van der Waals surface area contributed by atoms with Crippen LogP contribution in [0.25, 0.3) is 0 Å². The fraction of sp³-hybridized carbons (Fsp3) is 0. The van der Waals surface area contributed by atoms with Gasteiger partial charge < -0.3 is 5.32 Å². The predicted octanol–water partition coefficient (Wildman–Crippen LogP) is 2.49. The summed E-state index contributed by atoms with van der Waals surface area (Å²) in [6.45, 7) is 0. The van der Waals surface area contributed by atoms with Crippen molar-refractivity contribution in [3.05, 3.63) is 53.0 Å². The second-order valence-electron chi connectivity index (χ2n) is 3.02. The van der Waals surface area contributed by atoms with Gasteiger partial charge in [0.2, 0.25) is 0 Å². The molecule has 1 aromatic heterocycles. The Hall–Kier alpha value is -1.75. The summed E-state index contributed by atoms with van der Waals surface area (Å²) in [6.07, 6.45) is 4.43. The monoisotopic (exact) mass is 277 g/mol. The summed E-state index contributed by atoms with van der Waals surface area (Å²) in [4.78, 5) is 19.5. The van der Waals surface area contributed by atoms with Gasteiger partial charge in [-0.25, -0.2) is 4.98 Å². The van der Waals surface area contributed by atoms with Crippen molar-refractivity contribution in [2.24, 2.45) is 0 Å². The van der Waals surface area contributed by atoms with E-state index in [0.717, 1.165) is 4.47 Å². The molecular formula is C11H8BrN3O. The van der Waals surface area contributed by atoms with E-state index in [0.29, 0.717) is 11.4 Å². The number of amides is 1. The molecule has 0 aliphatic carbocycles. The minimum Gasteiger partial charge on any atom is -0.320 e. The molecule has 0 saturated carbocycles. The molecule has 1 aromatic carbocycles. The summed E-state index contributed by atoms with van der Waals surface area (Å²) in [5.41, 5.74) is 0.997. The molecule has 1 amide bonds. The predicted molar refractivity (Wildman–Crippen MR) is 64.1 cm³/mol. The van der Waals surface area contributed by atoms with Gasteiger partial charge in [0.25, 0.3) is 5.91 Å². The van der Waals surface area contributed by atoms with Crippen molar-refractivity contribution >= 4 is 27.5 Å². The molecule has 2 rings (SSSR count). The summed E-state index contributed by atoms with van der Waals surface area (Å²) in [5.74, 6) is -0.278. The van der Waals surface area contributed by atoms with Crippen LogP contribution < -0.4 is 5.32 Å². The van der Waals surface area contributed by atoms with E-state index in [-0.39, 0.29) is 5.91 Å². The van der Waals surface area contributed by atoms with Crippen LogP contribution in [-0.2, 0) is 0 Å². The maximum atomic E-state index is 11.7. The van der Waals surface area contributed by atoms with Crippen LogP contribution in [0, 0.1) is 0 Å². The van der Waals surface area contributed by atoms with Gasteiger partial charge in [0.1, 0.15) is 5.69 Å². The third kappa shape index (κ3) is 2.43. The number of halogens is 1. The SMILES string of the molecule is O=C(Nc1ccccc1Br)c1cnccn1. The highest BCUT2D eigenvalue weighted by molar-refractivity contribution is 9.10. The number of nitrogens with zero attached hydrogens (tertiary/aromatic N) is 2. The third-order valence-electron chi connectivity index (χ3n) is 1.92. The van der Waals surface area contributed by atoms with Crippen LogP contribution in [0.15, 0.2) is 47.3 Å². The van der Waals surface area contributed by atoms with Gasteiger partial charge in [0.15, 0.2) is 0 Å². The Balaban J connectivity index is 2.18. The minimum absolute atomic E-state index is 0.278. The molecule has 0 atom stereocenters. The molecular weight excluding hydrogens is 270 g/mol. The molecule has 4 nitrogen and oxygen atoms in total. The summed E-state index contributed by atoms with van der Waals surface area (Å²) >= 11 is 3.35. The number of carbonyl (C=O) groups is 1. The van der Waals surface area contributed by atoms with E-state index in [4.69, 9.17) is 0 Å². The second kappa shape index (κ2) is 4.85. The Kier molecular flexibility index (Phi) is 3.26. The van der Waals surface area contributed by atoms with E-state index in [1.54, 1.807) is 6.07 Å². The number of anilines is 1. The van der Waals surface area contributed by atoms with Gasteiger partial charge in [-0.1, -0.05) is 12.1 Å². The molecule has 1 N–H and O–H groups in total. The third-order valence-corrected chi connectivity index (χ3v) is 2.61. The number of hydrogen-bond donors (Lipinski definition) is 1. The van der Waals surface area contributed by atoms with Gasteiger partial charge in [0, 0.05) is 16.9 Å². The average Bonchev–Trinajstić information content (AvgIpc) is 2.33. The van der Waals surface area contributed by atoms with Crippen molar-refractivity contribution in [3.8, 4) is 0 Å².